The average molecular weight is 290 g/mol. The number of nitrogens with one attached hydrogen (secondary N) is 1. The zero-order valence-corrected chi connectivity index (χ0v) is 13.7. The lowest BCUT2D eigenvalue weighted by atomic mass is 10.1. The minimum Gasteiger partial charge on any atom is -0.314 e. The highest BCUT2D eigenvalue weighted by molar-refractivity contribution is 5.23. The van der Waals surface area contributed by atoms with Crippen molar-refractivity contribution in [1.29, 1.82) is 0 Å². The fourth-order valence-corrected chi connectivity index (χ4v) is 2.60. The molecule has 116 valence electrons. The van der Waals surface area contributed by atoms with E-state index in [1.54, 1.807) is 0 Å². The van der Waals surface area contributed by atoms with E-state index in [1.165, 1.54) is 11.3 Å². The third kappa shape index (κ3) is 3.91. The summed E-state index contributed by atoms with van der Waals surface area (Å²) in [5, 5.41) is 15.5. The summed E-state index contributed by atoms with van der Waals surface area (Å²) < 4.78 is 2.13. The molecule has 0 amide bonds. The van der Waals surface area contributed by atoms with Crippen LogP contribution in [0.1, 0.15) is 49.1 Å². The van der Waals surface area contributed by atoms with E-state index in [1.807, 2.05) is 6.33 Å². The van der Waals surface area contributed by atoms with Crippen molar-refractivity contribution in [3.63, 3.8) is 0 Å². The van der Waals surface area contributed by atoms with Crippen molar-refractivity contribution in [3.8, 4) is 0 Å². The van der Waals surface area contributed by atoms with Crippen molar-refractivity contribution < 1.29 is 0 Å². The van der Waals surface area contributed by atoms with Gasteiger partial charge in [-0.1, -0.05) is 0 Å². The highest BCUT2D eigenvalue weighted by Crippen LogP contribution is 2.13. The van der Waals surface area contributed by atoms with Crippen LogP contribution in [0.2, 0.25) is 0 Å². The van der Waals surface area contributed by atoms with Gasteiger partial charge in [-0.2, -0.15) is 5.10 Å². The summed E-state index contributed by atoms with van der Waals surface area (Å²) in [5.41, 5.74) is 3.66. The monoisotopic (exact) mass is 290 g/mol. The number of hydrogen-bond donors (Lipinski definition) is 1. The normalized spacial score (nSPS) is 11.8. The van der Waals surface area contributed by atoms with Gasteiger partial charge in [-0.15, -0.1) is 10.2 Å². The van der Waals surface area contributed by atoms with Crippen molar-refractivity contribution in [3.05, 3.63) is 29.1 Å². The molecule has 0 aliphatic heterocycles. The second-order valence-corrected chi connectivity index (χ2v) is 6.00. The van der Waals surface area contributed by atoms with Gasteiger partial charge in [-0.25, -0.2) is 0 Å². The van der Waals surface area contributed by atoms with Crippen LogP contribution in [-0.4, -0.2) is 43.5 Å². The molecule has 6 heteroatoms. The summed E-state index contributed by atoms with van der Waals surface area (Å²) in [6.45, 7) is 10.3. The smallest absolute Gasteiger partial charge is 0.147 e. The number of nitrogens with zero attached hydrogens (tertiary/aromatic N) is 5. The lowest BCUT2D eigenvalue weighted by molar-refractivity contribution is 0.305. The lowest BCUT2D eigenvalue weighted by Gasteiger charge is -2.18. The first kappa shape index (κ1) is 15.7. The molecule has 2 heterocycles. The zero-order valence-electron chi connectivity index (χ0n) is 13.7. The topological polar surface area (TPSA) is 62.6 Å². The Morgan fingerprint density at radius 2 is 2.10 bits per heavy atom. The fraction of sp³-hybridized carbons (Fsp3) is 0.667. The van der Waals surface area contributed by atoms with Gasteiger partial charge in [0.2, 0.25) is 0 Å². The molecule has 1 N–H and O–H groups in total. The second-order valence-electron chi connectivity index (χ2n) is 6.00. The second kappa shape index (κ2) is 6.85. The van der Waals surface area contributed by atoms with Crippen molar-refractivity contribution in [2.24, 2.45) is 0 Å². The number of rotatable bonds is 7. The Hall–Kier alpha value is -1.69. The average Bonchev–Trinajstić information content (AvgIpc) is 2.99. The molecule has 0 aromatic carbocycles. The molecule has 0 atom stereocenters. The van der Waals surface area contributed by atoms with Crippen molar-refractivity contribution in [2.75, 3.05) is 13.6 Å². The van der Waals surface area contributed by atoms with Crippen LogP contribution >= 0.6 is 0 Å². The first-order valence-electron chi connectivity index (χ1n) is 7.56. The fourth-order valence-electron chi connectivity index (χ4n) is 2.60. The molecule has 0 spiro atoms. The minimum absolute atomic E-state index is 0.402. The maximum Gasteiger partial charge on any atom is 0.147 e. The Kier molecular flexibility index (Phi) is 5.12. The Morgan fingerprint density at radius 1 is 1.33 bits per heavy atom. The van der Waals surface area contributed by atoms with E-state index in [-0.39, 0.29) is 0 Å². The molecule has 0 unspecified atom stereocenters. The van der Waals surface area contributed by atoms with Gasteiger partial charge in [-0.05, 0) is 59.7 Å². The number of hydrogen-bond acceptors (Lipinski definition) is 4. The van der Waals surface area contributed by atoms with E-state index in [9.17, 15) is 0 Å². The van der Waals surface area contributed by atoms with Crippen LogP contribution in [0.5, 0.6) is 0 Å². The van der Waals surface area contributed by atoms with E-state index in [4.69, 9.17) is 0 Å². The molecule has 6 nitrogen and oxygen atoms in total. The SMILES string of the molecule is Cc1n[nH]c(C)c1CCCN(C)Cc1nncn1C(C)C. The molecular weight excluding hydrogens is 264 g/mol. The first-order valence-corrected chi connectivity index (χ1v) is 7.56. The molecule has 0 radical (unpaired) electrons. The van der Waals surface area contributed by atoms with Gasteiger partial charge in [0.1, 0.15) is 12.2 Å². The molecule has 21 heavy (non-hydrogen) atoms. The first-order chi connectivity index (χ1) is 9.99. The zero-order chi connectivity index (χ0) is 15.4. The van der Waals surface area contributed by atoms with Gasteiger partial charge in [-0.3, -0.25) is 10.00 Å². The molecule has 0 saturated carbocycles. The Bertz CT molecular complexity index is 549. The van der Waals surface area contributed by atoms with E-state index < -0.39 is 0 Å². The summed E-state index contributed by atoms with van der Waals surface area (Å²) in [4.78, 5) is 2.30. The van der Waals surface area contributed by atoms with E-state index in [0.717, 1.165) is 37.4 Å². The number of aromatic amines is 1. The van der Waals surface area contributed by atoms with Crippen molar-refractivity contribution >= 4 is 0 Å². The van der Waals surface area contributed by atoms with Crippen LogP contribution in [0.25, 0.3) is 0 Å². The molecule has 0 aliphatic carbocycles. The van der Waals surface area contributed by atoms with Gasteiger partial charge in [0.25, 0.3) is 0 Å². The van der Waals surface area contributed by atoms with Gasteiger partial charge >= 0.3 is 0 Å². The van der Waals surface area contributed by atoms with Crippen LogP contribution in [0, 0.1) is 13.8 Å². The molecule has 0 fully saturated rings. The Balaban J connectivity index is 1.82. The number of aromatic nitrogens is 5. The highest BCUT2D eigenvalue weighted by atomic mass is 15.3. The number of H-pyrrole nitrogens is 1. The van der Waals surface area contributed by atoms with Gasteiger partial charge in [0, 0.05) is 11.7 Å². The van der Waals surface area contributed by atoms with Gasteiger partial charge < -0.3 is 4.57 Å². The Labute approximate surface area is 126 Å². The highest BCUT2D eigenvalue weighted by Gasteiger charge is 2.11. The summed E-state index contributed by atoms with van der Waals surface area (Å²) in [6.07, 6.45) is 3.99. The molecule has 0 saturated heterocycles. The van der Waals surface area contributed by atoms with E-state index in [0.29, 0.717) is 6.04 Å². The molecule has 2 aromatic rings. The van der Waals surface area contributed by atoms with Crippen LogP contribution in [-0.2, 0) is 13.0 Å². The molecular formula is C15H26N6. The third-order valence-corrected chi connectivity index (χ3v) is 3.86. The summed E-state index contributed by atoms with van der Waals surface area (Å²) in [6, 6.07) is 0.402. The van der Waals surface area contributed by atoms with E-state index in [2.05, 4.69) is 64.6 Å². The van der Waals surface area contributed by atoms with Gasteiger partial charge in [0.15, 0.2) is 0 Å². The third-order valence-electron chi connectivity index (χ3n) is 3.86. The standard InChI is InChI=1S/C15H26N6/c1-11(2)21-10-16-19-15(21)9-20(5)8-6-7-14-12(3)17-18-13(14)4/h10-11H,6-9H2,1-5H3,(H,17,18). The van der Waals surface area contributed by atoms with Crippen LogP contribution in [0.4, 0.5) is 0 Å². The molecule has 0 aliphatic rings. The van der Waals surface area contributed by atoms with E-state index >= 15 is 0 Å². The maximum atomic E-state index is 4.25. The Morgan fingerprint density at radius 3 is 2.71 bits per heavy atom. The predicted octanol–water partition coefficient (Wildman–Crippen LogP) is 2.26. The summed E-state index contributed by atoms with van der Waals surface area (Å²) in [5.74, 6) is 1.03. The lowest BCUT2D eigenvalue weighted by Crippen LogP contribution is -2.22. The minimum atomic E-state index is 0.402. The number of aryl methyl sites for hydroxylation is 2. The largest absolute Gasteiger partial charge is 0.314 e. The predicted molar refractivity (Wildman–Crippen MR) is 83.1 cm³/mol. The molecule has 2 aromatic heterocycles. The van der Waals surface area contributed by atoms with Crippen LogP contribution < -0.4 is 0 Å². The molecule has 2 rings (SSSR count). The van der Waals surface area contributed by atoms with Crippen LogP contribution in [0.3, 0.4) is 0 Å². The summed E-state index contributed by atoms with van der Waals surface area (Å²) in [7, 11) is 2.13. The van der Waals surface area contributed by atoms with Gasteiger partial charge in [0.05, 0.1) is 12.2 Å². The van der Waals surface area contributed by atoms with Crippen molar-refractivity contribution in [1.82, 2.24) is 29.9 Å². The van der Waals surface area contributed by atoms with Crippen LogP contribution in [0.15, 0.2) is 6.33 Å². The quantitative estimate of drug-likeness (QED) is 0.849. The maximum absolute atomic E-state index is 4.25. The van der Waals surface area contributed by atoms with Crippen molar-refractivity contribution in [2.45, 2.75) is 53.1 Å². The molecule has 0 bridgehead atoms. The summed E-state index contributed by atoms with van der Waals surface area (Å²) >= 11 is 0.